The molecule has 24 heavy (non-hydrogen) atoms. The third-order valence-electron chi connectivity index (χ3n) is 3.98. The Morgan fingerprint density at radius 2 is 2.25 bits per heavy atom. The minimum Gasteiger partial charge on any atom is -0.493 e. The smallest absolute Gasteiger partial charge is 0.318 e. The summed E-state index contributed by atoms with van der Waals surface area (Å²) in [7, 11) is 1.16. The van der Waals surface area contributed by atoms with Crippen LogP contribution in [0.15, 0.2) is 6.07 Å². The molecule has 0 spiro atoms. The van der Waals surface area contributed by atoms with E-state index in [9.17, 15) is 19.1 Å². The SMILES string of the molecule is CCOc1c([C@@H](C)O)cc(Cl)c(F)c1[C@@H]1CNC(=O)[C@@H]1C(=O)OC. The van der Waals surface area contributed by atoms with Crippen molar-refractivity contribution < 1.29 is 28.6 Å². The topological polar surface area (TPSA) is 84.9 Å². The fraction of sp³-hybridized carbons (Fsp3) is 0.500. The van der Waals surface area contributed by atoms with Gasteiger partial charge in [0.15, 0.2) is 0 Å². The number of benzene rings is 1. The fourth-order valence-corrected chi connectivity index (χ4v) is 3.10. The number of methoxy groups -OCH3 is 1. The molecule has 1 fully saturated rings. The first-order valence-electron chi connectivity index (χ1n) is 7.51. The quantitative estimate of drug-likeness (QED) is 0.620. The van der Waals surface area contributed by atoms with E-state index in [4.69, 9.17) is 16.3 Å². The Bertz CT molecular complexity index is 664. The molecule has 0 bridgehead atoms. The van der Waals surface area contributed by atoms with Gasteiger partial charge < -0.3 is 19.9 Å². The summed E-state index contributed by atoms with van der Waals surface area (Å²) >= 11 is 5.95. The van der Waals surface area contributed by atoms with Crippen molar-refractivity contribution >= 4 is 23.5 Å². The molecule has 2 N–H and O–H groups in total. The third-order valence-corrected chi connectivity index (χ3v) is 4.26. The lowest BCUT2D eigenvalue weighted by atomic mass is 9.86. The fourth-order valence-electron chi connectivity index (χ4n) is 2.88. The number of aliphatic hydroxyl groups excluding tert-OH is 1. The summed E-state index contributed by atoms with van der Waals surface area (Å²) in [5.41, 5.74) is 0.287. The van der Waals surface area contributed by atoms with Crippen molar-refractivity contribution in [2.45, 2.75) is 25.9 Å². The molecule has 1 aliphatic heterocycles. The number of carbonyl (C=O) groups excluding carboxylic acids is 2. The Hall–Kier alpha value is -1.86. The first-order chi connectivity index (χ1) is 11.3. The average molecular weight is 360 g/mol. The maximum Gasteiger partial charge on any atom is 0.318 e. The first-order valence-corrected chi connectivity index (χ1v) is 7.89. The molecular weight excluding hydrogens is 341 g/mol. The van der Waals surface area contributed by atoms with Crippen LogP contribution in [0.3, 0.4) is 0 Å². The lowest BCUT2D eigenvalue weighted by Crippen LogP contribution is -2.28. The number of hydrogen-bond donors (Lipinski definition) is 2. The summed E-state index contributed by atoms with van der Waals surface area (Å²) in [6.45, 7) is 3.45. The Morgan fingerprint density at radius 3 is 2.79 bits per heavy atom. The normalized spacial score (nSPS) is 21.3. The second-order valence-corrected chi connectivity index (χ2v) is 5.87. The van der Waals surface area contributed by atoms with Crippen LogP contribution < -0.4 is 10.1 Å². The molecule has 0 radical (unpaired) electrons. The highest BCUT2D eigenvalue weighted by atomic mass is 35.5. The third kappa shape index (κ3) is 3.18. The van der Waals surface area contributed by atoms with E-state index >= 15 is 0 Å². The number of esters is 1. The number of rotatable bonds is 5. The maximum atomic E-state index is 14.8. The predicted octanol–water partition coefficient (Wildman–Crippen LogP) is 1.93. The number of carbonyl (C=O) groups is 2. The Morgan fingerprint density at radius 1 is 1.58 bits per heavy atom. The van der Waals surface area contributed by atoms with Crippen molar-refractivity contribution in [2.24, 2.45) is 5.92 Å². The zero-order chi connectivity index (χ0) is 18.0. The lowest BCUT2D eigenvalue weighted by molar-refractivity contribution is -0.149. The minimum atomic E-state index is -1.20. The second kappa shape index (κ2) is 7.36. The van der Waals surface area contributed by atoms with Crippen LogP contribution in [0, 0.1) is 11.7 Å². The standard InChI is InChI=1S/C16H19ClFNO5/c1-4-24-14-8(7(2)20)5-10(17)13(18)11(14)9-6-19-15(21)12(9)16(22)23-3/h5,7,9,12,20H,4,6H2,1-3H3,(H,19,21)/t7-,9+,12-/m1/s1. The van der Waals surface area contributed by atoms with E-state index in [0.29, 0.717) is 5.56 Å². The summed E-state index contributed by atoms with van der Waals surface area (Å²) in [5.74, 6) is -4.04. The summed E-state index contributed by atoms with van der Waals surface area (Å²) in [4.78, 5) is 23.9. The molecule has 1 amide bonds. The van der Waals surface area contributed by atoms with E-state index in [1.54, 1.807) is 6.92 Å². The molecule has 0 saturated carbocycles. The zero-order valence-electron chi connectivity index (χ0n) is 13.6. The van der Waals surface area contributed by atoms with E-state index in [1.807, 2.05) is 0 Å². The van der Waals surface area contributed by atoms with E-state index in [2.05, 4.69) is 10.1 Å². The molecule has 0 unspecified atom stereocenters. The molecular formula is C16H19ClFNO5. The van der Waals surface area contributed by atoms with E-state index in [-0.39, 0.29) is 29.5 Å². The highest BCUT2D eigenvalue weighted by Crippen LogP contribution is 2.43. The first kappa shape index (κ1) is 18.5. The Labute approximate surface area is 143 Å². The highest BCUT2D eigenvalue weighted by Gasteiger charge is 2.45. The molecule has 0 aliphatic carbocycles. The molecule has 2 rings (SSSR count). The molecule has 1 aromatic rings. The molecule has 1 aromatic carbocycles. The van der Waals surface area contributed by atoms with Crippen LogP contribution >= 0.6 is 11.6 Å². The molecule has 6 nitrogen and oxygen atoms in total. The minimum absolute atomic E-state index is 0.00556. The van der Waals surface area contributed by atoms with Gasteiger partial charge in [0.05, 0.1) is 24.8 Å². The van der Waals surface area contributed by atoms with Gasteiger partial charge in [0.2, 0.25) is 5.91 Å². The number of nitrogens with one attached hydrogen (secondary N) is 1. The number of amides is 1. The van der Waals surface area contributed by atoms with Gasteiger partial charge in [-0.25, -0.2) is 4.39 Å². The second-order valence-electron chi connectivity index (χ2n) is 5.47. The van der Waals surface area contributed by atoms with Gasteiger partial charge in [-0.3, -0.25) is 9.59 Å². The largest absolute Gasteiger partial charge is 0.493 e. The van der Waals surface area contributed by atoms with Gasteiger partial charge >= 0.3 is 5.97 Å². The van der Waals surface area contributed by atoms with Crippen LogP contribution in [0.25, 0.3) is 0 Å². The Balaban J connectivity index is 2.67. The molecule has 132 valence electrons. The van der Waals surface area contributed by atoms with Gasteiger partial charge in [-0.1, -0.05) is 11.6 Å². The van der Waals surface area contributed by atoms with E-state index in [0.717, 1.165) is 7.11 Å². The maximum absolute atomic E-state index is 14.8. The van der Waals surface area contributed by atoms with Gasteiger partial charge in [0, 0.05) is 23.6 Å². The van der Waals surface area contributed by atoms with Crippen LogP contribution in [-0.2, 0) is 14.3 Å². The van der Waals surface area contributed by atoms with Gasteiger partial charge in [-0.05, 0) is 19.9 Å². The van der Waals surface area contributed by atoms with Crippen LogP contribution in [0.5, 0.6) is 5.75 Å². The molecule has 0 aromatic heterocycles. The summed E-state index contributed by atoms with van der Waals surface area (Å²) in [5, 5.41) is 12.3. The van der Waals surface area contributed by atoms with Crippen molar-refractivity contribution in [1.29, 1.82) is 0 Å². The van der Waals surface area contributed by atoms with Crippen molar-refractivity contribution in [3.8, 4) is 5.75 Å². The monoisotopic (exact) mass is 359 g/mol. The number of halogens is 2. The summed E-state index contributed by atoms with van der Waals surface area (Å²) in [6.07, 6.45) is -0.968. The van der Waals surface area contributed by atoms with Crippen molar-refractivity contribution in [2.75, 3.05) is 20.3 Å². The van der Waals surface area contributed by atoms with Gasteiger partial charge in [0.25, 0.3) is 0 Å². The van der Waals surface area contributed by atoms with Gasteiger partial charge in [-0.2, -0.15) is 0 Å². The zero-order valence-corrected chi connectivity index (χ0v) is 14.3. The van der Waals surface area contributed by atoms with Crippen molar-refractivity contribution in [3.05, 3.63) is 28.0 Å². The summed E-state index contributed by atoms with van der Waals surface area (Å²) < 4.78 is 24.9. The number of aliphatic hydroxyl groups is 1. The van der Waals surface area contributed by atoms with E-state index < -0.39 is 35.6 Å². The lowest BCUT2D eigenvalue weighted by Gasteiger charge is -2.23. The predicted molar refractivity (Wildman–Crippen MR) is 84.5 cm³/mol. The van der Waals surface area contributed by atoms with Crippen LogP contribution in [-0.4, -0.2) is 37.2 Å². The number of hydrogen-bond acceptors (Lipinski definition) is 5. The van der Waals surface area contributed by atoms with Crippen molar-refractivity contribution in [3.63, 3.8) is 0 Å². The number of ether oxygens (including phenoxy) is 2. The van der Waals surface area contributed by atoms with Gasteiger partial charge in [0.1, 0.15) is 17.5 Å². The van der Waals surface area contributed by atoms with E-state index in [1.165, 1.54) is 13.0 Å². The summed E-state index contributed by atoms with van der Waals surface area (Å²) in [6, 6.07) is 1.29. The van der Waals surface area contributed by atoms with Crippen LogP contribution in [0.1, 0.15) is 37.0 Å². The van der Waals surface area contributed by atoms with Crippen LogP contribution in [0.4, 0.5) is 4.39 Å². The molecule has 1 saturated heterocycles. The Kier molecular flexibility index (Phi) is 5.66. The highest BCUT2D eigenvalue weighted by molar-refractivity contribution is 6.31. The van der Waals surface area contributed by atoms with Gasteiger partial charge in [-0.15, -0.1) is 0 Å². The van der Waals surface area contributed by atoms with Crippen LogP contribution in [0.2, 0.25) is 5.02 Å². The molecule has 1 heterocycles. The molecule has 8 heteroatoms. The van der Waals surface area contributed by atoms with Crippen molar-refractivity contribution in [1.82, 2.24) is 5.32 Å². The molecule has 1 aliphatic rings. The molecule has 3 atom stereocenters. The average Bonchev–Trinajstić information content (AvgIpc) is 2.91.